The number of carbonyl (C=O) groups is 1. The van der Waals surface area contributed by atoms with Crippen LogP contribution in [0.2, 0.25) is 0 Å². The standard InChI is InChI=1S/C11H16N6O3S/c1-6(10-13-7(2)17-20-10)12-4-8(18)14-11-16-15-9(21-11)5-19-3/h6,12H,4-5H2,1-3H3,(H,14,16,18). The first-order chi connectivity index (χ1) is 10.1. The van der Waals surface area contributed by atoms with Gasteiger partial charge in [-0.2, -0.15) is 4.98 Å². The van der Waals surface area contributed by atoms with Crippen molar-refractivity contribution >= 4 is 22.4 Å². The maximum absolute atomic E-state index is 11.8. The van der Waals surface area contributed by atoms with E-state index in [0.29, 0.717) is 28.5 Å². The van der Waals surface area contributed by atoms with E-state index < -0.39 is 0 Å². The van der Waals surface area contributed by atoms with E-state index in [-0.39, 0.29) is 18.5 Å². The second-order valence-corrected chi connectivity index (χ2v) is 5.33. The number of carbonyl (C=O) groups excluding carboxylic acids is 1. The van der Waals surface area contributed by atoms with Crippen LogP contribution in [0.5, 0.6) is 0 Å². The molecule has 0 bridgehead atoms. The molecular weight excluding hydrogens is 296 g/mol. The van der Waals surface area contributed by atoms with Gasteiger partial charge in [-0.25, -0.2) is 0 Å². The van der Waals surface area contributed by atoms with Crippen molar-refractivity contribution in [3.63, 3.8) is 0 Å². The third-order valence-corrected chi connectivity index (χ3v) is 3.28. The number of nitrogens with zero attached hydrogens (tertiary/aromatic N) is 4. The van der Waals surface area contributed by atoms with E-state index in [1.165, 1.54) is 11.3 Å². The highest BCUT2D eigenvalue weighted by Gasteiger charge is 2.14. The van der Waals surface area contributed by atoms with Gasteiger partial charge < -0.3 is 9.26 Å². The van der Waals surface area contributed by atoms with Gasteiger partial charge in [0.1, 0.15) is 11.6 Å². The number of aryl methyl sites for hydroxylation is 1. The van der Waals surface area contributed by atoms with Gasteiger partial charge in [-0.05, 0) is 13.8 Å². The zero-order valence-corrected chi connectivity index (χ0v) is 12.7. The molecule has 114 valence electrons. The second-order valence-electron chi connectivity index (χ2n) is 4.26. The molecule has 2 aromatic rings. The SMILES string of the molecule is COCc1nnc(NC(=O)CNC(C)c2nc(C)no2)s1. The highest BCUT2D eigenvalue weighted by molar-refractivity contribution is 7.15. The molecule has 0 spiro atoms. The van der Waals surface area contributed by atoms with Crippen molar-refractivity contribution in [1.29, 1.82) is 0 Å². The number of aromatic nitrogens is 4. The Morgan fingerprint density at radius 3 is 2.95 bits per heavy atom. The zero-order valence-electron chi connectivity index (χ0n) is 11.9. The molecular formula is C11H16N6O3S. The van der Waals surface area contributed by atoms with Gasteiger partial charge in [0.2, 0.25) is 16.9 Å². The van der Waals surface area contributed by atoms with Crippen molar-refractivity contribution in [2.75, 3.05) is 19.0 Å². The molecule has 0 aliphatic carbocycles. The fourth-order valence-corrected chi connectivity index (χ4v) is 2.20. The van der Waals surface area contributed by atoms with Crippen molar-refractivity contribution in [2.45, 2.75) is 26.5 Å². The summed E-state index contributed by atoms with van der Waals surface area (Å²) in [6.07, 6.45) is 0. The molecule has 0 aromatic carbocycles. The van der Waals surface area contributed by atoms with Crippen LogP contribution in [0.4, 0.5) is 5.13 Å². The number of rotatable bonds is 7. The summed E-state index contributed by atoms with van der Waals surface area (Å²) >= 11 is 1.27. The largest absolute Gasteiger partial charge is 0.377 e. The molecule has 0 radical (unpaired) electrons. The lowest BCUT2D eigenvalue weighted by molar-refractivity contribution is -0.115. The highest BCUT2D eigenvalue weighted by atomic mass is 32.1. The van der Waals surface area contributed by atoms with Crippen LogP contribution in [0.3, 0.4) is 0 Å². The molecule has 2 aromatic heterocycles. The van der Waals surface area contributed by atoms with Crippen LogP contribution in [-0.2, 0) is 16.1 Å². The minimum atomic E-state index is -0.224. The van der Waals surface area contributed by atoms with Crippen LogP contribution in [0.25, 0.3) is 0 Å². The zero-order chi connectivity index (χ0) is 15.2. The number of ether oxygens (including phenoxy) is 1. The topological polar surface area (TPSA) is 115 Å². The van der Waals surface area contributed by atoms with Crippen molar-refractivity contribution < 1.29 is 14.1 Å². The van der Waals surface area contributed by atoms with E-state index in [0.717, 1.165) is 0 Å². The van der Waals surface area contributed by atoms with Gasteiger partial charge in [0, 0.05) is 7.11 Å². The van der Waals surface area contributed by atoms with Gasteiger partial charge in [0.05, 0.1) is 12.6 Å². The first-order valence-corrected chi connectivity index (χ1v) is 7.05. The summed E-state index contributed by atoms with van der Waals surface area (Å²) in [6.45, 7) is 4.04. The third kappa shape index (κ3) is 4.55. The van der Waals surface area contributed by atoms with Crippen LogP contribution < -0.4 is 10.6 Å². The molecule has 0 aliphatic heterocycles. The summed E-state index contributed by atoms with van der Waals surface area (Å²) in [5.41, 5.74) is 0. The van der Waals surface area contributed by atoms with Crippen LogP contribution in [0, 0.1) is 6.92 Å². The number of nitrogens with one attached hydrogen (secondary N) is 2. The van der Waals surface area contributed by atoms with E-state index in [4.69, 9.17) is 9.26 Å². The van der Waals surface area contributed by atoms with Crippen LogP contribution in [-0.4, -0.2) is 39.9 Å². The molecule has 2 rings (SSSR count). The molecule has 2 N–H and O–H groups in total. The smallest absolute Gasteiger partial charge is 0.243 e. The molecule has 2 heterocycles. The predicted molar refractivity (Wildman–Crippen MR) is 74.7 cm³/mol. The fraction of sp³-hybridized carbons (Fsp3) is 0.545. The summed E-state index contributed by atoms with van der Waals surface area (Å²) in [5.74, 6) is 0.777. The molecule has 0 fully saturated rings. The lowest BCUT2D eigenvalue weighted by Crippen LogP contribution is -2.30. The van der Waals surface area contributed by atoms with Gasteiger partial charge >= 0.3 is 0 Å². The Labute approximate surface area is 125 Å². The molecule has 1 atom stereocenters. The predicted octanol–water partition coefficient (Wildman–Crippen LogP) is 0.665. The monoisotopic (exact) mass is 312 g/mol. The minimum Gasteiger partial charge on any atom is -0.377 e. The summed E-state index contributed by atoms with van der Waals surface area (Å²) in [4.78, 5) is 15.9. The molecule has 0 saturated carbocycles. The van der Waals surface area contributed by atoms with E-state index >= 15 is 0 Å². The van der Waals surface area contributed by atoms with Crippen LogP contribution in [0.1, 0.15) is 29.7 Å². The first kappa shape index (κ1) is 15.5. The molecule has 0 saturated heterocycles. The fourth-order valence-electron chi connectivity index (χ4n) is 1.47. The van der Waals surface area contributed by atoms with E-state index in [1.54, 1.807) is 14.0 Å². The maximum atomic E-state index is 11.8. The number of amides is 1. The van der Waals surface area contributed by atoms with Gasteiger partial charge in [0.15, 0.2) is 5.82 Å². The molecule has 1 unspecified atom stereocenters. The maximum Gasteiger partial charge on any atom is 0.243 e. The average molecular weight is 312 g/mol. The normalized spacial score (nSPS) is 12.3. The van der Waals surface area contributed by atoms with E-state index in [9.17, 15) is 4.79 Å². The van der Waals surface area contributed by atoms with Crippen molar-refractivity contribution in [3.05, 3.63) is 16.7 Å². The van der Waals surface area contributed by atoms with Crippen molar-refractivity contribution in [3.8, 4) is 0 Å². The van der Waals surface area contributed by atoms with Gasteiger partial charge in [-0.1, -0.05) is 16.5 Å². The number of hydrogen-bond acceptors (Lipinski definition) is 9. The summed E-state index contributed by atoms with van der Waals surface area (Å²) < 4.78 is 9.95. The second kappa shape index (κ2) is 7.20. The summed E-state index contributed by atoms with van der Waals surface area (Å²) in [7, 11) is 1.57. The summed E-state index contributed by atoms with van der Waals surface area (Å²) in [5, 5.41) is 18.2. The van der Waals surface area contributed by atoms with Gasteiger partial charge in [-0.3, -0.25) is 15.4 Å². The Balaban J connectivity index is 1.78. The summed E-state index contributed by atoms with van der Waals surface area (Å²) in [6, 6.07) is -0.213. The Kier molecular flexibility index (Phi) is 5.31. The van der Waals surface area contributed by atoms with Crippen molar-refractivity contribution in [2.24, 2.45) is 0 Å². The number of hydrogen-bond donors (Lipinski definition) is 2. The molecule has 21 heavy (non-hydrogen) atoms. The van der Waals surface area contributed by atoms with Crippen molar-refractivity contribution in [1.82, 2.24) is 25.7 Å². The molecule has 1 amide bonds. The highest BCUT2D eigenvalue weighted by Crippen LogP contribution is 2.15. The molecule has 10 heteroatoms. The third-order valence-electron chi connectivity index (χ3n) is 2.46. The Hall–Kier alpha value is -1.91. The Bertz CT molecular complexity index is 598. The van der Waals surface area contributed by atoms with E-state index in [2.05, 4.69) is 31.0 Å². The van der Waals surface area contributed by atoms with Gasteiger partial charge in [-0.15, -0.1) is 10.2 Å². The first-order valence-electron chi connectivity index (χ1n) is 6.23. The minimum absolute atomic E-state index is 0.0990. The van der Waals surface area contributed by atoms with Gasteiger partial charge in [0.25, 0.3) is 0 Å². The number of anilines is 1. The Morgan fingerprint density at radius 2 is 2.29 bits per heavy atom. The lowest BCUT2D eigenvalue weighted by Gasteiger charge is -2.08. The lowest BCUT2D eigenvalue weighted by atomic mass is 10.3. The van der Waals surface area contributed by atoms with Crippen LogP contribution >= 0.6 is 11.3 Å². The quantitative estimate of drug-likeness (QED) is 0.766. The number of methoxy groups -OCH3 is 1. The average Bonchev–Trinajstić information content (AvgIpc) is 3.06. The Morgan fingerprint density at radius 1 is 1.48 bits per heavy atom. The molecule has 0 aliphatic rings. The van der Waals surface area contributed by atoms with Crippen LogP contribution in [0.15, 0.2) is 4.52 Å². The molecule has 9 nitrogen and oxygen atoms in total. The van der Waals surface area contributed by atoms with E-state index in [1.807, 2.05) is 6.92 Å².